The summed E-state index contributed by atoms with van der Waals surface area (Å²) in [5.74, 6) is 0. The van der Waals surface area contributed by atoms with Crippen LogP contribution in [-0.4, -0.2) is 41.5 Å². The third-order valence-corrected chi connectivity index (χ3v) is 3.36. The summed E-state index contributed by atoms with van der Waals surface area (Å²) in [5, 5.41) is 9.34. The molecule has 1 atom stereocenters. The first-order chi connectivity index (χ1) is 9.47. The molecule has 0 amide bonds. The Morgan fingerprint density at radius 3 is 3.05 bits per heavy atom. The highest BCUT2D eigenvalue weighted by Gasteiger charge is 2.35. The van der Waals surface area contributed by atoms with Crippen molar-refractivity contribution in [3.05, 3.63) is 18.2 Å². The number of nitrogens with two attached hydrogens (primary N) is 1. The molecule has 1 aliphatic rings. The Morgan fingerprint density at radius 1 is 1.50 bits per heavy atom. The molecule has 1 aliphatic heterocycles. The van der Waals surface area contributed by atoms with E-state index < -0.39 is 0 Å². The molecule has 6 nitrogen and oxygen atoms in total. The third kappa shape index (κ3) is 2.44. The smallest absolute Gasteiger partial charge is 0.298 e. The van der Waals surface area contributed by atoms with E-state index in [1.807, 2.05) is 24.8 Å². The fourth-order valence-electron chi connectivity index (χ4n) is 2.60. The highest BCUT2D eigenvalue weighted by molar-refractivity contribution is 5.78. The largest absolute Gasteiger partial charge is 0.423 e. The zero-order valence-electron chi connectivity index (χ0n) is 11.7. The lowest BCUT2D eigenvalue weighted by Crippen LogP contribution is -2.54. The number of anilines is 2. The van der Waals surface area contributed by atoms with Crippen molar-refractivity contribution in [1.82, 2.24) is 4.98 Å². The van der Waals surface area contributed by atoms with Crippen LogP contribution in [0.2, 0.25) is 0 Å². The topological polar surface area (TPSA) is 84.8 Å². The number of nitrogens with zero attached hydrogens (tertiary/aromatic N) is 2. The molecule has 0 bridgehead atoms. The number of oxazole rings is 1. The Labute approximate surface area is 117 Å². The molecule has 20 heavy (non-hydrogen) atoms. The first-order valence-electron chi connectivity index (χ1n) is 6.66. The first-order valence-corrected chi connectivity index (χ1v) is 6.66. The molecule has 0 radical (unpaired) electrons. The predicted molar refractivity (Wildman–Crippen MR) is 76.7 cm³/mol. The normalized spacial score (nSPS) is 22.4. The van der Waals surface area contributed by atoms with Crippen LogP contribution in [0.15, 0.2) is 22.6 Å². The minimum Gasteiger partial charge on any atom is -0.423 e. The van der Waals surface area contributed by atoms with Gasteiger partial charge in [-0.3, -0.25) is 0 Å². The standard InChI is InChI=1S/C14H19N3O3/c1-14(2)8-17(6-10(7-18)20-14)13-16-11-5-9(15)3-4-12(11)19-13/h3-5,10,18H,6-8,15H2,1-2H3. The fourth-order valence-corrected chi connectivity index (χ4v) is 2.60. The highest BCUT2D eigenvalue weighted by atomic mass is 16.5. The second-order valence-electron chi connectivity index (χ2n) is 5.79. The minimum absolute atomic E-state index is 0.0207. The molecule has 3 N–H and O–H groups in total. The maximum absolute atomic E-state index is 9.34. The molecule has 1 saturated heterocycles. The van der Waals surface area contributed by atoms with Crippen molar-refractivity contribution >= 4 is 22.8 Å². The number of benzene rings is 1. The van der Waals surface area contributed by atoms with Crippen molar-refractivity contribution in [3.63, 3.8) is 0 Å². The van der Waals surface area contributed by atoms with Crippen LogP contribution in [0, 0.1) is 0 Å². The zero-order valence-corrected chi connectivity index (χ0v) is 11.7. The molecule has 0 saturated carbocycles. The number of aliphatic hydroxyl groups excluding tert-OH is 1. The van der Waals surface area contributed by atoms with Crippen LogP contribution in [0.25, 0.3) is 11.1 Å². The molecule has 1 unspecified atom stereocenters. The summed E-state index contributed by atoms with van der Waals surface area (Å²) in [5.41, 5.74) is 7.50. The zero-order chi connectivity index (χ0) is 14.3. The third-order valence-electron chi connectivity index (χ3n) is 3.36. The van der Waals surface area contributed by atoms with E-state index in [-0.39, 0.29) is 18.3 Å². The van der Waals surface area contributed by atoms with Gasteiger partial charge in [-0.25, -0.2) is 0 Å². The van der Waals surface area contributed by atoms with E-state index in [1.54, 1.807) is 12.1 Å². The van der Waals surface area contributed by atoms with Gasteiger partial charge in [-0.15, -0.1) is 0 Å². The van der Waals surface area contributed by atoms with E-state index in [1.165, 1.54) is 0 Å². The van der Waals surface area contributed by atoms with E-state index >= 15 is 0 Å². The van der Waals surface area contributed by atoms with E-state index in [2.05, 4.69) is 4.98 Å². The van der Waals surface area contributed by atoms with Crippen LogP contribution < -0.4 is 10.6 Å². The predicted octanol–water partition coefficient (Wildman–Crippen LogP) is 1.39. The average molecular weight is 277 g/mol. The first kappa shape index (κ1) is 13.2. The van der Waals surface area contributed by atoms with Crippen LogP contribution in [0.1, 0.15) is 13.8 Å². The summed E-state index contributed by atoms with van der Waals surface area (Å²) in [6, 6.07) is 5.94. The van der Waals surface area contributed by atoms with Crippen molar-refractivity contribution in [2.45, 2.75) is 25.6 Å². The lowest BCUT2D eigenvalue weighted by Gasteiger charge is -2.41. The number of rotatable bonds is 2. The van der Waals surface area contributed by atoms with Crippen molar-refractivity contribution in [2.75, 3.05) is 30.3 Å². The Hall–Kier alpha value is -1.79. The van der Waals surface area contributed by atoms with Gasteiger partial charge in [0.05, 0.1) is 31.4 Å². The van der Waals surface area contributed by atoms with E-state index in [0.717, 1.165) is 5.52 Å². The fraction of sp³-hybridized carbons (Fsp3) is 0.500. The minimum atomic E-state index is -0.356. The van der Waals surface area contributed by atoms with Gasteiger partial charge >= 0.3 is 0 Å². The summed E-state index contributed by atoms with van der Waals surface area (Å²) < 4.78 is 11.6. The molecular formula is C14H19N3O3. The molecule has 1 fully saturated rings. The second-order valence-corrected chi connectivity index (χ2v) is 5.79. The molecule has 1 aromatic heterocycles. The van der Waals surface area contributed by atoms with Gasteiger partial charge < -0.3 is 24.9 Å². The Bertz CT molecular complexity index is 623. The summed E-state index contributed by atoms with van der Waals surface area (Å²) in [4.78, 5) is 6.47. The number of fused-ring (bicyclic) bond motifs is 1. The van der Waals surface area contributed by atoms with Crippen LogP contribution >= 0.6 is 0 Å². The van der Waals surface area contributed by atoms with Gasteiger partial charge in [0.25, 0.3) is 6.01 Å². The number of nitrogen functional groups attached to an aromatic ring is 1. The molecular weight excluding hydrogens is 258 g/mol. The number of aromatic nitrogens is 1. The monoisotopic (exact) mass is 277 g/mol. The van der Waals surface area contributed by atoms with Gasteiger partial charge in [0, 0.05) is 5.69 Å². The molecule has 6 heteroatoms. The number of morpholine rings is 1. The van der Waals surface area contributed by atoms with Crippen LogP contribution in [0.5, 0.6) is 0 Å². The number of hydrogen-bond donors (Lipinski definition) is 2. The highest BCUT2D eigenvalue weighted by Crippen LogP contribution is 2.28. The lowest BCUT2D eigenvalue weighted by atomic mass is 10.1. The van der Waals surface area contributed by atoms with Gasteiger partial charge in [0.2, 0.25) is 0 Å². The Balaban J connectivity index is 1.93. The molecule has 0 aliphatic carbocycles. The number of ether oxygens (including phenoxy) is 1. The van der Waals surface area contributed by atoms with Crippen molar-refractivity contribution < 1.29 is 14.3 Å². The maximum Gasteiger partial charge on any atom is 0.298 e. The van der Waals surface area contributed by atoms with E-state index in [0.29, 0.717) is 30.4 Å². The Morgan fingerprint density at radius 2 is 2.30 bits per heavy atom. The van der Waals surface area contributed by atoms with Crippen LogP contribution in [0.3, 0.4) is 0 Å². The number of hydrogen-bond acceptors (Lipinski definition) is 6. The van der Waals surface area contributed by atoms with Crippen molar-refractivity contribution in [2.24, 2.45) is 0 Å². The molecule has 3 rings (SSSR count). The summed E-state index contributed by atoms with van der Waals surface area (Å²) in [6.45, 7) is 5.17. The summed E-state index contributed by atoms with van der Waals surface area (Å²) in [7, 11) is 0. The van der Waals surface area contributed by atoms with Gasteiger partial charge in [-0.2, -0.15) is 4.98 Å². The summed E-state index contributed by atoms with van der Waals surface area (Å²) in [6.07, 6.45) is -0.237. The van der Waals surface area contributed by atoms with Crippen molar-refractivity contribution in [1.29, 1.82) is 0 Å². The SMILES string of the molecule is CC1(C)CN(c2nc3cc(N)ccc3o2)CC(CO)O1. The number of aliphatic hydroxyl groups is 1. The average Bonchev–Trinajstić information content (AvgIpc) is 2.79. The van der Waals surface area contributed by atoms with Crippen molar-refractivity contribution in [3.8, 4) is 0 Å². The molecule has 2 aromatic rings. The van der Waals surface area contributed by atoms with E-state index in [9.17, 15) is 5.11 Å². The van der Waals surface area contributed by atoms with Gasteiger partial charge in [-0.05, 0) is 32.0 Å². The Kier molecular flexibility index (Phi) is 3.07. The van der Waals surface area contributed by atoms with Gasteiger partial charge in [-0.1, -0.05) is 0 Å². The molecule has 1 aromatic carbocycles. The van der Waals surface area contributed by atoms with Gasteiger partial charge in [0.1, 0.15) is 5.52 Å². The quantitative estimate of drug-likeness (QED) is 0.807. The van der Waals surface area contributed by atoms with E-state index in [4.69, 9.17) is 14.9 Å². The van der Waals surface area contributed by atoms with Crippen LogP contribution in [0.4, 0.5) is 11.7 Å². The second kappa shape index (κ2) is 4.64. The molecule has 2 heterocycles. The molecule has 0 spiro atoms. The van der Waals surface area contributed by atoms with Crippen LogP contribution in [-0.2, 0) is 4.74 Å². The lowest BCUT2D eigenvalue weighted by molar-refractivity contribution is -0.101. The molecule has 108 valence electrons. The summed E-state index contributed by atoms with van der Waals surface area (Å²) >= 11 is 0. The van der Waals surface area contributed by atoms with Gasteiger partial charge in [0.15, 0.2) is 5.58 Å². The maximum atomic E-state index is 9.34.